The maximum atomic E-state index is 2.51. The molecule has 0 bridgehead atoms. The molecule has 2 rings (SSSR count). The zero-order valence-electron chi connectivity index (χ0n) is 12.0. The van der Waals surface area contributed by atoms with Gasteiger partial charge in [-0.1, -0.05) is 74.8 Å². The topological polar surface area (TPSA) is 0 Å². The van der Waals surface area contributed by atoms with Gasteiger partial charge in [-0.3, -0.25) is 0 Å². The average molecular weight is 261 g/mol. The van der Waals surface area contributed by atoms with Crippen LogP contribution in [0.1, 0.15) is 16.7 Å². The number of hydrogen-bond donors (Lipinski definition) is 0. The van der Waals surface area contributed by atoms with E-state index in [-0.39, 0.29) is 0 Å². The van der Waals surface area contributed by atoms with Crippen LogP contribution in [0, 0.1) is 0 Å². The summed E-state index contributed by atoms with van der Waals surface area (Å²) in [6.45, 7) is 15.0. The van der Waals surface area contributed by atoms with Gasteiger partial charge >= 0.3 is 0 Å². The summed E-state index contributed by atoms with van der Waals surface area (Å²) in [5.41, 5.74) is 3.84. The first-order valence-electron chi connectivity index (χ1n) is 6.52. The summed E-state index contributed by atoms with van der Waals surface area (Å²) in [6, 6.07) is 9.01. The Hall–Kier alpha value is -0.606. The Kier molecular flexibility index (Phi) is 2.99. The molecule has 0 radical (unpaired) electrons. The highest BCUT2D eigenvalue weighted by atomic mass is 28.3. The fourth-order valence-electron chi connectivity index (χ4n) is 2.91. The van der Waals surface area contributed by atoms with Crippen molar-refractivity contribution >= 4 is 22.2 Å². The van der Waals surface area contributed by atoms with Crippen LogP contribution in [-0.2, 0) is 0 Å². The van der Waals surface area contributed by atoms with Crippen LogP contribution < -0.4 is 0 Å². The lowest BCUT2D eigenvalue weighted by atomic mass is 10.1. The maximum absolute atomic E-state index is 2.51. The monoisotopic (exact) mass is 260 g/mol. The van der Waals surface area contributed by atoms with Gasteiger partial charge in [-0.2, -0.15) is 0 Å². The van der Waals surface area contributed by atoms with Gasteiger partial charge in [0, 0.05) is 0 Å². The number of allylic oxidation sites excluding steroid dienone is 1. The van der Waals surface area contributed by atoms with Crippen molar-refractivity contribution in [3.63, 3.8) is 0 Å². The first kappa shape index (κ1) is 12.8. The van der Waals surface area contributed by atoms with Crippen molar-refractivity contribution in [3.8, 4) is 0 Å². The minimum atomic E-state index is -1.20. The summed E-state index contributed by atoms with van der Waals surface area (Å²) in [5.74, 6) is 0. The Labute approximate surface area is 108 Å². The van der Waals surface area contributed by atoms with E-state index < -0.39 is 16.1 Å². The molecule has 0 saturated carbocycles. The van der Waals surface area contributed by atoms with Crippen LogP contribution in [0.5, 0.6) is 0 Å². The fraction of sp³-hybridized carbons (Fsp3) is 0.467. The molecule has 0 fully saturated rings. The summed E-state index contributed by atoms with van der Waals surface area (Å²) >= 11 is 0. The van der Waals surface area contributed by atoms with E-state index in [4.69, 9.17) is 0 Å². The van der Waals surface area contributed by atoms with Crippen LogP contribution in [0.4, 0.5) is 0 Å². The SMILES string of the molecule is C[Si](C)(C)C1=Cc2ccccc2C1[Si](C)(C)C. The Morgan fingerprint density at radius 2 is 1.47 bits per heavy atom. The van der Waals surface area contributed by atoms with E-state index in [1.807, 2.05) is 0 Å². The predicted octanol–water partition coefficient (Wildman–Crippen LogP) is 4.92. The van der Waals surface area contributed by atoms with Crippen molar-refractivity contribution in [3.05, 3.63) is 40.6 Å². The predicted molar refractivity (Wildman–Crippen MR) is 83.9 cm³/mol. The first-order valence-corrected chi connectivity index (χ1v) is 13.6. The van der Waals surface area contributed by atoms with Crippen LogP contribution in [0.2, 0.25) is 39.3 Å². The Morgan fingerprint density at radius 3 is 2.00 bits per heavy atom. The Balaban J connectivity index is 2.57. The molecule has 0 heterocycles. The maximum Gasteiger partial charge on any atom is 0.0728 e. The molecular weight excluding hydrogens is 236 g/mol. The molecule has 17 heavy (non-hydrogen) atoms. The van der Waals surface area contributed by atoms with E-state index >= 15 is 0 Å². The number of hydrogen-bond acceptors (Lipinski definition) is 0. The van der Waals surface area contributed by atoms with Gasteiger partial charge in [-0.25, -0.2) is 0 Å². The highest BCUT2D eigenvalue weighted by Gasteiger charge is 2.40. The van der Waals surface area contributed by atoms with Crippen LogP contribution in [-0.4, -0.2) is 16.1 Å². The summed E-state index contributed by atoms with van der Waals surface area (Å²) in [4.78, 5) is 0. The van der Waals surface area contributed by atoms with Crippen molar-refractivity contribution in [1.29, 1.82) is 0 Å². The number of fused-ring (bicyclic) bond motifs is 1. The van der Waals surface area contributed by atoms with Gasteiger partial charge in [0.15, 0.2) is 0 Å². The van der Waals surface area contributed by atoms with Crippen LogP contribution in [0.25, 0.3) is 6.08 Å². The second-order valence-corrected chi connectivity index (χ2v) is 17.7. The number of benzene rings is 1. The highest BCUT2D eigenvalue weighted by Crippen LogP contribution is 2.45. The molecule has 92 valence electrons. The average Bonchev–Trinajstić information content (AvgIpc) is 2.54. The van der Waals surface area contributed by atoms with Crippen molar-refractivity contribution < 1.29 is 0 Å². The molecule has 0 aromatic heterocycles. The normalized spacial score (nSPS) is 20.1. The molecule has 1 aliphatic rings. The van der Waals surface area contributed by atoms with Crippen LogP contribution in [0.15, 0.2) is 29.5 Å². The summed E-state index contributed by atoms with van der Waals surface area (Å²) < 4.78 is 0. The van der Waals surface area contributed by atoms with Gasteiger partial charge in [0.05, 0.1) is 16.1 Å². The third-order valence-corrected chi connectivity index (χ3v) is 8.47. The molecule has 1 aromatic rings. The molecule has 0 aliphatic heterocycles. The van der Waals surface area contributed by atoms with Crippen LogP contribution >= 0.6 is 0 Å². The third kappa shape index (κ3) is 2.33. The van der Waals surface area contributed by atoms with Gasteiger partial charge in [-0.15, -0.1) is 0 Å². The Bertz CT molecular complexity index is 459. The Morgan fingerprint density at radius 1 is 0.882 bits per heavy atom. The minimum Gasteiger partial charge on any atom is -0.0758 e. The summed E-state index contributed by atoms with van der Waals surface area (Å²) in [5, 5.41) is 1.78. The van der Waals surface area contributed by atoms with E-state index in [1.165, 1.54) is 5.56 Å². The van der Waals surface area contributed by atoms with Crippen molar-refractivity contribution in [2.24, 2.45) is 0 Å². The van der Waals surface area contributed by atoms with Crippen molar-refractivity contribution in [2.45, 2.75) is 44.8 Å². The van der Waals surface area contributed by atoms with E-state index in [0.29, 0.717) is 0 Å². The highest BCUT2D eigenvalue weighted by molar-refractivity contribution is 6.88. The lowest BCUT2D eigenvalue weighted by Crippen LogP contribution is -2.38. The van der Waals surface area contributed by atoms with Crippen LogP contribution in [0.3, 0.4) is 0 Å². The lowest BCUT2D eigenvalue weighted by Gasteiger charge is -2.34. The largest absolute Gasteiger partial charge is 0.0758 e. The van der Waals surface area contributed by atoms with Gasteiger partial charge in [-0.05, 0) is 16.7 Å². The summed E-state index contributed by atoms with van der Waals surface area (Å²) in [6.07, 6.45) is 2.50. The molecule has 0 spiro atoms. The van der Waals surface area contributed by atoms with Gasteiger partial charge < -0.3 is 0 Å². The fourth-order valence-corrected chi connectivity index (χ4v) is 9.33. The smallest absolute Gasteiger partial charge is 0.0728 e. The second-order valence-electron chi connectivity index (χ2n) is 7.28. The molecule has 1 aromatic carbocycles. The molecule has 1 unspecified atom stereocenters. The van der Waals surface area contributed by atoms with E-state index in [0.717, 1.165) is 5.54 Å². The lowest BCUT2D eigenvalue weighted by molar-refractivity contribution is 1.12. The second kappa shape index (κ2) is 3.96. The molecule has 0 N–H and O–H groups in total. The molecule has 2 heteroatoms. The molecule has 0 amide bonds. The molecule has 0 nitrogen and oxygen atoms in total. The number of rotatable bonds is 2. The zero-order valence-corrected chi connectivity index (χ0v) is 14.0. The molecule has 0 saturated heterocycles. The first-order chi connectivity index (χ1) is 7.71. The quantitative estimate of drug-likeness (QED) is 0.662. The van der Waals surface area contributed by atoms with Crippen molar-refractivity contribution in [2.75, 3.05) is 0 Å². The molecule has 1 aliphatic carbocycles. The van der Waals surface area contributed by atoms with Gasteiger partial charge in [0.1, 0.15) is 0 Å². The summed E-state index contributed by atoms with van der Waals surface area (Å²) in [7, 11) is -2.38. The zero-order chi connectivity index (χ0) is 12.8. The van der Waals surface area contributed by atoms with Gasteiger partial charge in [0.25, 0.3) is 0 Å². The van der Waals surface area contributed by atoms with E-state index in [9.17, 15) is 0 Å². The molecule has 1 atom stereocenters. The standard InChI is InChI=1S/C15H24Si2/c1-16(2,3)14-11-12-9-7-8-10-13(12)15(14)17(4,5)6/h7-11,15H,1-6H3. The van der Waals surface area contributed by atoms with E-state index in [1.54, 1.807) is 10.8 Å². The van der Waals surface area contributed by atoms with E-state index in [2.05, 4.69) is 69.6 Å². The molecular formula is C15H24Si2. The van der Waals surface area contributed by atoms with Crippen molar-refractivity contribution in [1.82, 2.24) is 0 Å². The van der Waals surface area contributed by atoms with Gasteiger partial charge in [0.2, 0.25) is 0 Å². The minimum absolute atomic E-state index is 0.755. The third-order valence-electron chi connectivity index (χ3n) is 3.66.